The molecule has 0 aromatic carbocycles. The normalized spacial score (nSPS) is 12.8. The lowest BCUT2D eigenvalue weighted by Gasteiger charge is -2.09. The number of carbonyl (C=O) groups is 2. The van der Waals surface area contributed by atoms with Gasteiger partial charge in [0, 0.05) is 4.88 Å². The topological polar surface area (TPSA) is 71.3 Å². The summed E-state index contributed by atoms with van der Waals surface area (Å²) in [6.07, 6.45) is 4.82. The molecule has 4 rings (SSSR count). The summed E-state index contributed by atoms with van der Waals surface area (Å²) in [5.41, 5.74) is 2.69. The number of rotatable bonds is 6. The van der Waals surface area contributed by atoms with Gasteiger partial charge in [-0.3, -0.25) is 9.59 Å². The molecule has 0 aliphatic heterocycles. The fraction of sp³-hybridized carbons (Fsp3) is 0.263. The minimum absolute atomic E-state index is 0.0941. The third-order valence-electron chi connectivity index (χ3n) is 4.35. The Balaban J connectivity index is 1.51. The molecule has 2 amide bonds. The molecule has 0 spiro atoms. The molecule has 0 saturated carbocycles. The number of furan rings is 1. The molecule has 0 saturated heterocycles. The van der Waals surface area contributed by atoms with Crippen molar-refractivity contribution in [1.82, 2.24) is 5.32 Å². The van der Waals surface area contributed by atoms with E-state index in [-0.39, 0.29) is 11.8 Å². The van der Waals surface area contributed by atoms with Gasteiger partial charge in [0.05, 0.1) is 24.8 Å². The van der Waals surface area contributed by atoms with Crippen molar-refractivity contribution in [3.05, 3.63) is 62.6 Å². The van der Waals surface area contributed by atoms with Crippen LogP contribution in [0.25, 0.3) is 0 Å². The van der Waals surface area contributed by atoms with Crippen LogP contribution in [0.4, 0.5) is 5.00 Å². The zero-order chi connectivity index (χ0) is 17.9. The largest absolute Gasteiger partial charge is 0.467 e. The molecule has 3 aromatic rings. The van der Waals surface area contributed by atoms with Crippen LogP contribution in [0, 0.1) is 0 Å². The van der Waals surface area contributed by atoms with Crippen LogP contribution < -0.4 is 10.6 Å². The number of hydrogen-bond donors (Lipinski definition) is 2. The second-order valence-electron chi connectivity index (χ2n) is 6.18. The van der Waals surface area contributed by atoms with E-state index in [1.165, 1.54) is 16.2 Å². The second kappa shape index (κ2) is 7.47. The monoisotopic (exact) mass is 386 g/mol. The molecule has 0 unspecified atom stereocenters. The predicted molar refractivity (Wildman–Crippen MR) is 103 cm³/mol. The molecule has 1 aliphatic carbocycles. The summed E-state index contributed by atoms with van der Waals surface area (Å²) in [5, 5.41) is 10.4. The summed E-state index contributed by atoms with van der Waals surface area (Å²) in [7, 11) is 0. The van der Waals surface area contributed by atoms with Crippen molar-refractivity contribution in [2.24, 2.45) is 0 Å². The van der Waals surface area contributed by atoms with Gasteiger partial charge in [0.1, 0.15) is 10.8 Å². The molecule has 3 heterocycles. The highest BCUT2D eigenvalue weighted by atomic mass is 32.1. The zero-order valence-corrected chi connectivity index (χ0v) is 15.7. The molecule has 2 N–H and O–H groups in total. The highest BCUT2D eigenvalue weighted by molar-refractivity contribution is 7.17. The number of aryl methyl sites for hydroxylation is 1. The molecule has 3 aromatic heterocycles. The lowest BCUT2D eigenvalue weighted by atomic mass is 10.1. The number of amides is 2. The zero-order valence-electron chi connectivity index (χ0n) is 14.0. The van der Waals surface area contributed by atoms with Gasteiger partial charge in [-0.2, -0.15) is 11.3 Å². The van der Waals surface area contributed by atoms with Gasteiger partial charge in [0.25, 0.3) is 5.91 Å². The van der Waals surface area contributed by atoms with E-state index in [9.17, 15) is 9.59 Å². The Labute approximate surface area is 159 Å². The molecule has 0 bridgehead atoms. The standard InChI is InChI=1S/C19H18N2O3S2/c22-16(9-12-6-8-25-11-12)21-19-17(14-4-1-5-15(14)26-19)18(23)20-10-13-3-2-7-24-13/h2-3,6-8,11H,1,4-5,9-10H2,(H,20,23)(H,21,22). The molecule has 5 nitrogen and oxygen atoms in total. The second-order valence-corrected chi connectivity index (χ2v) is 8.07. The molecular formula is C19H18N2O3S2. The van der Waals surface area contributed by atoms with Crippen molar-refractivity contribution in [2.75, 3.05) is 5.32 Å². The first-order chi connectivity index (χ1) is 12.7. The van der Waals surface area contributed by atoms with Crippen LogP contribution in [-0.4, -0.2) is 11.8 Å². The third kappa shape index (κ3) is 3.59. The average molecular weight is 386 g/mol. The average Bonchev–Trinajstić information content (AvgIpc) is 3.37. The summed E-state index contributed by atoms with van der Waals surface area (Å²) in [6, 6.07) is 5.55. The van der Waals surface area contributed by atoms with E-state index in [0.717, 1.165) is 30.4 Å². The number of hydrogen-bond acceptors (Lipinski definition) is 5. The first-order valence-corrected chi connectivity index (χ1v) is 10.2. The van der Waals surface area contributed by atoms with Gasteiger partial charge in [-0.05, 0) is 59.3 Å². The summed E-state index contributed by atoms with van der Waals surface area (Å²) in [5.74, 6) is 0.448. The highest BCUT2D eigenvalue weighted by Crippen LogP contribution is 2.39. The van der Waals surface area contributed by atoms with Crippen molar-refractivity contribution >= 4 is 39.5 Å². The van der Waals surface area contributed by atoms with E-state index in [1.54, 1.807) is 23.7 Å². The Hall–Kier alpha value is -2.38. The SMILES string of the molecule is O=C(Cc1ccsc1)Nc1sc2c(c1C(=O)NCc1ccco1)CCC2. The Morgan fingerprint density at radius 2 is 2.15 bits per heavy atom. The summed E-state index contributed by atoms with van der Waals surface area (Å²) in [6.45, 7) is 0.332. The molecular weight excluding hydrogens is 368 g/mol. The Morgan fingerprint density at radius 1 is 1.23 bits per heavy atom. The summed E-state index contributed by atoms with van der Waals surface area (Å²) < 4.78 is 5.27. The van der Waals surface area contributed by atoms with Gasteiger partial charge >= 0.3 is 0 Å². The van der Waals surface area contributed by atoms with E-state index in [0.29, 0.717) is 29.3 Å². The van der Waals surface area contributed by atoms with Crippen LogP contribution in [0.3, 0.4) is 0 Å². The lowest BCUT2D eigenvalue weighted by molar-refractivity contribution is -0.115. The smallest absolute Gasteiger partial charge is 0.254 e. The third-order valence-corrected chi connectivity index (χ3v) is 6.29. The number of nitrogens with one attached hydrogen (secondary N) is 2. The van der Waals surface area contributed by atoms with Crippen LogP contribution in [0.5, 0.6) is 0 Å². The first kappa shape index (κ1) is 17.1. The van der Waals surface area contributed by atoms with Gasteiger partial charge in [0.15, 0.2) is 0 Å². The quantitative estimate of drug-likeness (QED) is 0.673. The van der Waals surface area contributed by atoms with Gasteiger partial charge in [-0.1, -0.05) is 0 Å². The van der Waals surface area contributed by atoms with E-state index in [4.69, 9.17) is 4.42 Å². The van der Waals surface area contributed by atoms with E-state index in [2.05, 4.69) is 10.6 Å². The Morgan fingerprint density at radius 3 is 2.92 bits per heavy atom. The molecule has 7 heteroatoms. The first-order valence-electron chi connectivity index (χ1n) is 8.47. The minimum Gasteiger partial charge on any atom is -0.467 e. The van der Waals surface area contributed by atoms with Crippen LogP contribution in [-0.2, 0) is 30.6 Å². The van der Waals surface area contributed by atoms with Crippen molar-refractivity contribution < 1.29 is 14.0 Å². The molecule has 0 fully saturated rings. The Kier molecular flexibility index (Phi) is 4.90. The maximum absolute atomic E-state index is 12.8. The lowest BCUT2D eigenvalue weighted by Crippen LogP contribution is -2.25. The number of thiophene rings is 2. The van der Waals surface area contributed by atoms with Crippen molar-refractivity contribution in [3.8, 4) is 0 Å². The predicted octanol–water partition coefficient (Wildman–Crippen LogP) is 4.00. The van der Waals surface area contributed by atoms with Crippen molar-refractivity contribution in [2.45, 2.75) is 32.2 Å². The van der Waals surface area contributed by atoms with Gasteiger partial charge in [-0.25, -0.2) is 0 Å². The van der Waals surface area contributed by atoms with Crippen molar-refractivity contribution in [3.63, 3.8) is 0 Å². The van der Waals surface area contributed by atoms with Crippen LogP contribution in [0.2, 0.25) is 0 Å². The van der Waals surface area contributed by atoms with E-state index < -0.39 is 0 Å². The van der Waals surface area contributed by atoms with Crippen LogP contribution >= 0.6 is 22.7 Å². The van der Waals surface area contributed by atoms with Crippen LogP contribution in [0.1, 0.15) is 38.5 Å². The summed E-state index contributed by atoms with van der Waals surface area (Å²) >= 11 is 3.10. The van der Waals surface area contributed by atoms with Gasteiger partial charge in [-0.15, -0.1) is 11.3 Å². The fourth-order valence-corrected chi connectivity index (χ4v) is 5.12. The molecule has 134 valence electrons. The Bertz CT molecular complexity index is 911. The maximum Gasteiger partial charge on any atom is 0.254 e. The number of fused-ring (bicyclic) bond motifs is 1. The van der Waals surface area contributed by atoms with Crippen molar-refractivity contribution in [1.29, 1.82) is 0 Å². The molecule has 0 atom stereocenters. The highest BCUT2D eigenvalue weighted by Gasteiger charge is 2.27. The van der Waals surface area contributed by atoms with Gasteiger partial charge < -0.3 is 15.1 Å². The number of carbonyl (C=O) groups excluding carboxylic acids is 2. The molecule has 1 aliphatic rings. The summed E-state index contributed by atoms with van der Waals surface area (Å²) in [4.78, 5) is 26.4. The van der Waals surface area contributed by atoms with E-state index in [1.807, 2.05) is 22.9 Å². The van der Waals surface area contributed by atoms with Gasteiger partial charge in [0.2, 0.25) is 5.91 Å². The number of anilines is 1. The fourth-order valence-electron chi connectivity index (χ4n) is 3.15. The minimum atomic E-state index is -0.161. The van der Waals surface area contributed by atoms with E-state index >= 15 is 0 Å². The molecule has 0 radical (unpaired) electrons. The molecule has 26 heavy (non-hydrogen) atoms. The van der Waals surface area contributed by atoms with Crippen LogP contribution in [0.15, 0.2) is 39.6 Å². The maximum atomic E-state index is 12.8.